The minimum atomic E-state index is -0.540. The number of anilines is 1. The van der Waals surface area contributed by atoms with E-state index in [9.17, 15) is 19.7 Å². The van der Waals surface area contributed by atoms with Gasteiger partial charge in [0.1, 0.15) is 17.3 Å². The molecular formula is C27H24N4O5. The molecule has 4 rings (SSSR count). The Bertz CT molecular complexity index is 1520. The van der Waals surface area contributed by atoms with Crippen molar-refractivity contribution in [2.75, 3.05) is 12.4 Å². The van der Waals surface area contributed by atoms with Crippen LogP contribution in [0.1, 0.15) is 27.2 Å². The summed E-state index contributed by atoms with van der Waals surface area (Å²) in [5.41, 5.74) is 3.59. The Morgan fingerprint density at radius 2 is 1.64 bits per heavy atom. The number of nitro benzene ring substituents is 1. The lowest BCUT2D eigenvalue weighted by Crippen LogP contribution is -2.25. The zero-order chi connectivity index (χ0) is 26.0. The number of non-ortho nitro benzene ring substituents is 1. The van der Waals surface area contributed by atoms with E-state index in [4.69, 9.17) is 4.74 Å². The largest absolute Gasteiger partial charge is 0.497 e. The van der Waals surface area contributed by atoms with Crippen LogP contribution in [-0.4, -0.2) is 27.7 Å². The predicted molar refractivity (Wildman–Crippen MR) is 137 cm³/mol. The van der Waals surface area contributed by atoms with Crippen molar-refractivity contribution < 1.29 is 14.5 Å². The van der Waals surface area contributed by atoms with Crippen LogP contribution in [0.2, 0.25) is 0 Å². The van der Waals surface area contributed by atoms with E-state index in [-0.39, 0.29) is 33.8 Å². The zero-order valence-corrected chi connectivity index (χ0v) is 20.2. The summed E-state index contributed by atoms with van der Waals surface area (Å²) in [7, 11) is 1.55. The van der Waals surface area contributed by atoms with Crippen LogP contribution < -0.4 is 15.5 Å². The average Bonchev–Trinajstić information content (AvgIpc) is 2.88. The number of hydrogen-bond donors (Lipinski definition) is 1. The van der Waals surface area contributed by atoms with E-state index in [1.165, 1.54) is 28.9 Å². The van der Waals surface area contributed by atoms with Gasteiger partial charge in [0.15, 0.2) is 0 Å². The van der Waals surface area contributed by atoms with E-state index in [1.807, 2.05) is 32.0 Å². The Balaban J connectivity index is 1.92. The monoisotopic (exact) mass is 484 g/mol. The topological polar surface area (TPSA) is 116 Å². The van der Waals surface area contributed by atoms with Crippen LogP contribution in [0.5, 0.6) is 5.75 Å². The number of nitrogens with zero attached hydrogens (tertiary/aromatic N) is 3. The molecule has 9 heteroatoms. The molecule has 3 aromatic carbocycles. The van der Waals surface area contributed by atoms with Crippen molar-refractivity contribution in [3.05, 3.63) is 109 Å². The molecule has 0 radical (unpaired) electrons. The van der Waals surface area contributed by atoms with Crippen LogP contribution in [0.15, 0.2) is 71.5 Å². The summed E-state index contributed by atoms with van der Waals surface area (Å²) >= 11 is 0. The first kappa shape index (κ1) is 24.3. The van der Waals surface area contributed by atoms with Gasteiger partial charge in [-0.05, 0) is 73.9 Å². The van der Waals surface area contributed by atoms with Gasteiger partial charge in [0, 0.05) is 17.7 Å². The molecule has 0 unspecified atom stereocenters. The molecule has 1 amide bonds. The second-order valence-corrected chi connectivity index (χ2v) is 8.31. The molecule has 0 aliphatic rings. The molecule has 0 fully saturated rings. The zero-order valence-electron chi connectivity index (χ0n) is 20.2. The summed E-state index contributed by atoms with van der Waals surface area (Å²) in [4.78, 5) is 37.0. The van der Waals surface area contributed by atoms with Crippen molar-refractivity contribution in [1.29, 1.82) is 0 Å². The van der Waals surface area contributed by atoms with Crippen LogP contribution in [0.4, 0.5) is 11.5 Å². The predicted octanol–water partition coefficient (Wildman–Crippen LogP) is 4.99. The van der Waals surface area contributed by atoms with Crippen molar-refractivity contribution in [3.8, 4) is 22.6 Å². The molecule has 0 saturated carbocycles. The molecule has 1 heterocycles. The minimum absolute atomic E-state index is 0.130. The molecule has 0 spiro atoms. The number of carbonyl (C=O) groups excluding carboxylic acids is 1. The number of benzene rings is 3. The van der Waals surface area contributed by atoms with Crippen molar-refractivity contribution in [1.82, 2.24) is 9.78 Å². The molecule has 182 valence electrons. The Labute approximate surface area is 207 Å². The summed E-state index contributed by atoms with van der Waals surface area (Å²) < 4.78 is 6.78. The number of rotatable bonds is 6. The maximum Gasteiger partial charge on any atom is 0.269 e. The highest BCUT2D eigenvalue weighted by Gasteiger charge is 2.21. The fraction of sp³-hybridized carbons (Fsp3) is 0.148. The standard InChI is InChI=1S/C27H24N4O5/c1-16-5-10-22(15-17(16)2)30-26(28-27(33)20-6-11-21(12-7-20)31(34)35)24(25(32)18(3)29-30)19-8-13-23(36-4)14-9-19/h5-15H,1-4H3,(H,28,33). The molecule has 0 bridgehead atoms. The van der Waals surface area contributed by atoms with E-state index in [0.29, 0.717) is 17.0 Å². The molecule has 0 aliphatic carbocycles. The normalized spacial score (nSPS) is 10.7. The number of nitrogens with one attached hydrogen (secondary N) is 1. The Hall–Kier alpha value is -4.79. The third-order valence-corrected chi connectivity index (χ3v) is 5.94. The lowest BCUT2D eigenvalue weighted by molar-refractivity contribution is -0.384. The van der Waals surface area contributed by atoms with E-state index in [2.05, 4.69) is 10.4 Å². The number of carbonyl (C=O) groups is 1. The molecule has 36 heavy (non-hydrogen) atoms. The molecule has 0 saturated heterocycles. The van der Waals surface area contributed by atoms with Crippen molar-refractivity contribution in [2.24, 2.45) is 0 Å². The third-order valence-electron chi connectivity index (χ3n) is 5.94. The van der Waals surface area contributed by atoms with Crippen LogP contribution in [0, 0.1) is 30.9 Å². The number of amides is 1. The highest BCUT2D eigenvalue weighted by Crippen LogP contribution is 2.29. The summed E-state index contributed by atoms with van der Waals surface area (Å²) in [6.45, 7) is 5.58. The average molecular weight is 485 g/mol. The first-order chi connectivity index (χ1) is 17.2. The fourth-order valence-corrected chi connectivity index (χ4v) is 3.74. The Kier molecular flexibility index (Phi) is 6.64. The molecule has 0 aliphatic heterocycles. The van der Waals surface area contributed by atoms with Crippen LogP contribution in [-0.2, 0) is 0 Å². The quantitative estimate of drug-likeness (QED) is 0.304. The number of aromatic nitrogens is 2. The Morgan fingerprint density at radius 1 is 0.972 bits per heavy atom. The summed E-state index contributed by atoms with van der Waals surface area (Å²) in [5.74, 6) is 0.264. The second-order valence-electron chi connectivity index (χ2n) is 8.31. The molecule has 1 aromatic heterocycles. The lowest BCUT2D eigenvalue weighted by Gasteiger charge is -2.19. The number of ether oxygens (including phenoxy) is 1. The number of methoxy groups -OCH3 is 1. The maximum absolute atomic E-state index is 13.4. The molecule has 4 aromatic rings. The fourth-order valence-electron chi connectivity index (χ4n) is 3.74. The lowest BCUT2D eigenvalue weighted by atomic mass is 10.0. The van der Waals surface area contributed by atoms with Gasteiger partial charge in [-0.2, -0.15) is 5.10 Å². The molecule has 9 nitrogen and oxygen atoms in total. The van der Waals surface area contributed by atoms with Gasteiger partial charge in [-0.15, -0.1) is 0 Å². The maximum atomic E-state index is 13.4. The van der Waals surface area contributed by atoms with Crippen molar-refractivity contribution in [2.45, 2.75) is 20.8 Å². The van der Waals surface area contributed by atoms with Crippen LogP contribution >= 0.6 is 0 Å². The third kappa shape index (κ3) is 4.72. The van der Waals surface area contributed by atoms with Gasteiger partial charge in [0.05, 0.1) is 23.3 Å². The molecule has 1 N–H and O–H groups in total. The molecule has 0 atom stereocenters. The van der Waals surface area contributed by atoms with Gasteiger partial charge in [0.2, 0.25) is 5.43 Å². The van der Waals surface area contributed by atoms with Gasteiger partial charge in [-0.1, -0.05) is 18.2 Å². The second kappa shape index (κ2) is 9.83. The van der Waals surface area contributed by atoms with E-state index >= 15 is 0 Å². The Morgan fingerprint density at radius 3 is 2.22 bits per heavy atom. The summed E-state index contributed by atoms with van der Waals surface area (Å²) in [6, 6.07) is 17.9. The van der Waals surface area contributed by atoms with Crippen molar-refractivity contribution in [3.63, 3.8) is 0 Å². The van der Waals surface area contributed by atoms with Gasteiger partial charge < -0.3 is 10.1 Å². The minimum Gasteiger partial charge on any atom is -0.497 e. The van der Waals surface area contributed by atoms with Gasteiger partial charge in [-0.3, -0.25) is 19.7 Å². The summed E-state index contributed by atoms with van der Waals surface area (Å²) in [6.07, 6.45) is 0. The van der Waals surface area contributed by atoms with Crippen LogP contribution in [0.3, 0.4) is 0 Å². The van der Waals surface area contributed by atoms with Gasteiger partial charge in [0.25, 0.3) is 11.6 Å². The number of aryl methyl sites for hydroxylation is 3. The highest BCUT2D eigenvalue weighted by atomic mass is 16.6. The highest BCUT2D eigenvalue weighted by molar-refractivity contribution is 6.06. The van der Waals surface area contributed by atoms with Crippen LogP contribution in [0.25, 0.3) is 16.8 Å². The first-order valence-electron chi connectivity index (χ1n) is 11.1. The SMILES string of the molecule is COc1ccc(-c2c(NC(=O)c3ccc([N+](=O)[O-])cc3)n(-c3ccc(C)c(C)c3)nc(C)c2=O)cc1. The summed E-state index contributed by atoms with van der Waals surface area (Å²) in [5, 5.41) is 18.3. The number of nitro groups is 1. The van der Waals surface area contributed by atoms with Crippen molar-refractivity contribution >= 4 is 17.4 Å². The number of hydrogen-bond acceptors (Lipinski definition) is 6. The van der Waals surface area contributed by atoms with Gasteiger partial charge in [-0.25, -0.2) is 4.68 Å². The first-order valence-corrected chi connectivity index (χ1v) is 11.1. The van der Waals surface area contributed by atoms with E-state index in [1.54, 1.807) is 38.3 Å². The van der Waals surface area contributed by atoms with E-state index < -0.39 is 10.8 Å². The smallest absolute Gasteiger partial charge is 0.269 e. The van der Waals surface area contributed by atoms with E-state index in [0.717, 1.165) is 11.1 Å². The molecular weight excluding hydrogens is 460 g/mol. The van der Waals surface area contributed by atoms with Gasteiger partial charge >= 0.3 is 0 Å².